The average Bonchev–Trinajstić information content (AvgIpc) is 2.41. The molecule has 98 valence electrons. The van der Waals surface area contributed by atoms with Crippen molar-refractivity contribution >= 4 is 27.3 Å². The van der Waals surface area contributed by atoms with Crippen LogP contribution < -0.4 is 10.6 Å². The van der Waals surface area contributed by atoms with E-state index in [0.29, 0.717) is 0 Å². The van der Waals surface area contributed by atoms with Crippen LogP contribution in [0.2, 0.25) is 0 Å². The molecule has 1 aromatic carbocycles. The maximum Gasteiger partial charge on any atom is 0.0613 e. The van der Waals surface area contributed by atoms with Crippen LogP contribution in [0.5, 0.6) is 0 Å². The zero-order valence-electron chi connectivity index (χ0n) is 10.7. The van der Waals surface area contributed by atoms with E-state index in [0.717, 1.165) is 22.1 Å². The fraction of sp³-hybridized carbons (Fsp3) is 0.600. The molecule has 0 amide bonds. The number of nitrogens with zero attached hydrogens (tertiary/aromatic N) is 1. The van der Waals surface area contributed by atoms with Crippen LogP contribution in [0.3, 0.4) is 0 Å². The maximum atomic E-state index is 6.18. The lowest BCUT2D eigenvalue weighted by Crippen LogP contribution is -2.47. The topological polar surface area (TPSA) is 29.3 Å². The lowest BCUT2D eigenvalue weighted by molar-refractivity contribution is 0.244. The van der Waals surface area contributed by atoms with Crippen molar-refractivity contribution in [2.75, 3.05) is 17.2 Å². The van der Waals surface area contributed by atoms with Gasteiger partial charge in [0.05, 0.1) is 11.4 Å². The first-order chi connectivity index (χ1) is 8.75. The molecule has 0 aromatic heterocycles. The summed E-state index contributed by atoms with van der Waals surface area (Å²) in [5.41, 5.74) is 8.34. The summed E-state index contributed by atoms with van der Waals surface area (Å²) in [6.45, 7) is 1.17. The summed E-state index contributed by atoms with van der Waals surface area (Å²) in [4.78, 5) is 2.58. The second-order valence-electron chi connectivity index (χ2n) is 5.65. The molecule has 2 N–H and O–H groups in total. The van der Waals surface area contributed by atoms with Gasteiger partial charge in [-0.05, 0) is 49.8 Å². The SMILES string of the molecule is Nc1ccc(Br)cc1N1CCC[C@H]2CCCC[C@H]21. The lowest BCUT2D eigenvalue weighted by Gasteiger charge is -2.45. The van der Waals surface area contributed by atoms with Gasteiger partial charge in [-0.15, -0.1) is 0 Å². The first kappa shape index (κ1) is 12.3. The molecule has 0 radical (unpaired) electrons. The molecule has 1 aromatic rings. The minimum atomic E-state index is 0.726. The zero-order chi connectivity index (χ0) is 12.5. The number of fused-ring (bicyclic) bond motifs is 1. The van der Waals surface area contributed by atoms with Crippen LogP contribution in [0, 0.1) is 5.92 Å². The fourth-order valence-electron chi connectivity index (χ4n) is 3.69. The molecular weight excluding hydrogens is 288 g/mol. The number of rotatable bonds is 1. The van der Waals surface area contributed by atoms with Gasteiger partial charge in [0.1, 0.15) is 0 Å². The van der Waals surface area contributed by atoms with Gasteiger partial charge in [0, 0.05) is 17.1 Å². The van der Waals surface area contributed by atoms with E-state index >= 15 is 0 Å². The molecule has 1 heterocycles. The molecule has 3 heteroatoms. The molecule has 18 heavy (non-hydrogen) atoms. The third-order valence-corrected chi connectivity index (χ3v) is 5.04. The summed E-state index contributed by atoms with van der Waals surface area (Å²) < 4.78 is 1.13. The van der Waals surface area contributed by atoms with Gasteiger partial charge in [-0.2, -0.15) is 0 Å². The molecule has 2 nitrogen and oxygen atoms in total. The van der Waals surface area contributed by atoms with Gasteiger partial charge in [-0.25, -0.2) is 0 Å². The van der Waals surface area contributed by atoms with Gasteiger partial charge in [-0.3, -0.25) is 0 Å². The Balaban J connectivity index is 1.91. The second-order valence-corrected chi connectivity index (χ2v) is 6.57. The number of halogens is 1. The average molecular weight is 309 g/mol. The molecule has 1 aliphatic heterocycles. The van der Waals surface area contributed by atoms with Crippen LogP contribution in [-0.4, -0.2) is 12.6 Å². The van der Waals surface area contributed by atoms with Crippen molar-refractivity contribution in [1.82, 2.24) is 0 Å². The number of nitrogens with two attached hydrogens (primary N) is 1. The number of nitrogen functional groups attached to an aromatic ring is 1. The lowest BCUT2D eigenvalue weighted by atomic mass is 9.78. The number of piperidine rings is 1. The molecule has 2 fully saturated rings. The number of hydrogen-bond acceptors (Lipinski definition) is 2. The van der Waals surface area contributed by atoms with Crippen molar-refractivity contribution in [2.45, 2.75) is 44.6 Å². The van der Waals surface area contributed by atoms with E-state index in [1.54, 1.807) is 0 Å². The maximum absolute atomic E-state index is 6.18. The Labute approximate surface area is 118 Å². The number of anilines is 2. The predicted octanol–water partition coefficient (Wildman–Crippen LogP) is 4.19. The molecule has 0 spiro atoms. The van der Waals surface area contributed by atoms with Crippen LogP contribution in [0.1, 0.15) is 38.5 Å². The highest BCUT2D eigenvalue weighted by molar-refractivity contribution is 9.10. The van der Waals surface area contributed by atoms with Crippen LogP contribution in [0.4, 0.5) is 11.4 Å². The van der Waals surface area contributed by atoms with E-state index in [2.05, 4.69) is 26.9 Å². The minimum absolute atomic E-state index is 0.726. The van der Waals surface area contributed by atoms with Gasteiger partial charge < -0.3 is 10.6 Å². The van der Waals surface area contributed by atoms with E-state index in [9.17, 15) is 0 Å². The van der Waals surface area contributed by atoms with Gasteiger partial charge in [0.2, 0.25) is 0 Å². The van der Waals surface area contributed by atoms with Crippen molar-refractivity contribution in [2.24, 2.45) is 5.92 Å². The number of benzene rings is 1. The Bertz CT molecular complexity index is 431. The van der Waals surface area contributed by atoms with Gasteiger partial charge >= 0.3 is 0 Å². The molecule has 2 atom stereocenters. The van der Waals surface area contributed by atoms with E-state index in [1.807, 2.05) is 12.1 Å². The smallest absolute Gasteiger partial charge is 0.0613 e. The largest absolute Gasteiger partial charge is 0.397 e. The van der Waals surface area contributed by atoms with Crippen molar-refractivity contribution in [3.8, 4) is 0 Å². The second kappa shape index (κ2) is 5.12. The Hall–Kier alpha value is -0.700. The zero-order valence-corrected chi connectivity index (χ0v) is 12.3. The summed E-state index contributed by atoms with van der Waals surface area (Å²) >= 11 is 3.57. The Morgan fingerprint density at radius 2 is 1.89 bits per heavy atom. The third kappa shape index (κ3) is 2.25. The van der Waals surface area contributed by atoms with Crippen molar-refractivity contribution < 1.29 is 0 Å². The molecular formula is C15H21BrN2. The van der Waals surface area contributed by atoms with Crippen LogP contribution in [-0.2, 0) is 0 Å². The van der Waals surface area contributed by atoms with Crippen LogP contribution in [0.15, 0.2) is 22.7 Å². The van der Waals surface area contributed by atoms with E-state index < -0.39 is 0 Å². The summed E-state index contributed by atoms with van der Waals surface area (Å²) in [6.07, 6.45) is 8.28. The standard InChI is InChI=1S/C15H21BrN2/c16-12-7-8-13(17)15(10-12)18-9-3-5-11-4-1-2-6-14(11)18/h7-8,10-11,14H,1-6,9,17H2/t11-,14-/m1/s1. The van der Waals surface area contributed by atoms with Gasteiger partial charge in [-0.1, -0.05) is 28.8 Å². The molecule has 0 unspecified atom stereocenters. The fourth-order valence-corrected chi connectivity index (χ4v) is 4.04. The molecule has 1 saturated heterocycles. The highest BCUT2D eigenvalue weighted by Crippen LogP contribution is 2.40. The first-order valence-corrected chi connectivity index (χ1v) is 7.86. The Morgan fingerprint density at radius 1 is 1.11 bits per heavy atom. The molecule has 3 rings (SSSR count). The summed E-state index contributed by atoms with van der Waals surface area (Å²) in [5.74, 6) is 0.894. The summed E-state index contributed by atoms with van der Waals surface area (Å²) in [7, 11) is 0. The Morgan fingerprint density at radius 3 is 2.78 bits per heavy atom. The Kier molecular flexibility index (Phi) is 3.51. The third-order valence-electron chi connectivity index (χ3n) is 4.55. The van der Waals surface area contributed by atoms with E-state index in [-0.39, 0.29) is 0 Å². The minimum Gasteiger partial charge on any atom is -0.397 e. The molecule has 2 aliphatic rings. The van der Waals surface area contributed by atoms with E-state index in [1.165, 1.54) is 50.8 Å². The molecule has 1 aliphatic carbocycles. The highest BCUT2D eigenvalue weighted by Gasteiger charge is 2.33. The van der Waals surface area contributed by atoms with Crippen molar-refractivity contribution in [3.05, 3.63) is 22.7 Å². The van der Waals surface area contributed by atoms with Crippen LogP contribution in [0.25, 0.3) is 0 Å². The highest BCUT2D eigenvalue weighted by atomic mass is 79.9. The van der Waals surface area contributed by atoms with Gasteiger partial charge in [0.15, 0.2) is 0 Å². The quantitative estimate of drug-likeness (QED) is 0.788. The van der Waals surface area contributed by atoms with Crippen molar-refractivity contribution in [3.63, 3.8) is 0 Å². The predicted molar refractivity (Wildman–Crippen MR) is 80.9 cm³/mol. The summed E-state index contributed by atoms with van der Waals surface area (Å²) in [5, 5.41) is 0. The van der Waals surface area contributed by atoms with Gasteiger partial charge in [0.25, 0.3) is 0 Å². The normalized spacial score (nSPS) is 27.9. The summed E-state index contributed by atoms with van der Waals surface area (Å²) in [6, 6.07) is 6.96. The van der Waals surface area contributed by atoms with E-state index in [4.69, 9.17) is 5.73 Å². The van der Waals surface area contributed by atoms with Crippen LogP contribution >= 0.6 is 15.9 Å². The van der Waals surface area contributed by atoms with Crippen molar-refractivity contribution in [1.29, 1.82) is 0 Å². The first-order valence-electron chi connectivity index (χ1n) is 7.07. The monoisotopic (exact) mass is 308 g/mol. The molecule has 1 saturated carbocycles. The number of hydrogen-bond donors (Lipinski definition) is 1. The molecule has 0 bridgehead atoms.